The Hall–Kier alpha value is -2.70. The molecule has 4 rings (SSSR count). The standard InChI is InChI=1S/C23H23Cl2N3O3/c1-26-8-2-4-20(26)13-27(14-21-5-3-9-31-21)22(29)15-28(19-6-7-19)23(30)16-10-17(24)12-18(25)11-16/h2-5,8-12,19H,6-7,13-15H2,1H3. The molecule has 0 bridgehead atoms. The summed E-state index contributed by atoms with van der Waals surface area (Å²) < 4.78 is 7.43. The number of hydrogen-bond donors (Lipinski definition) is 0. The minimum Gasteiger partial charge on any atom is -0.467 e. The van der Waals surface area contributed by atoms with Gasteiger partial charge in [0.2, 0.25) is 5.91 Å². The van der Waals surface area contributed by atoms with Crippen LogP contribution < -0.4 is 0 Å². The first-order chi connectivity index (χ1) is 14.9. The van der Waals surface area contributed by atoms with Crippen molar-refractivity contribution in [3.8, 4) is 0 Å². The van der Waals surface area contributed by atoms with E-state index in [0.717, 1.165) is 18.5 Å². The average Bonchev–Trinajstić information content (AvgIpc) is 3.29. The summed E-state index contributed by atoms with van der Waals surface area (Å²) in [6.07, 6.45) is 5.28. The highest BCUT2D eigenvalue weighted by atomic mass is 35.5. The number of hydrogen-bond acceptors (Lipinski definition) is 3. The number of aryl methyl sites for hydroxylation is 1. The van der Waals surface area contributed by atoms with E-state index in [9.17, 15) is 9.59 Å². The molecular formula is C23H23Cl2N3O3. The van der Waals surface area contributed by atoms with E-state index < -0.39 is 0 Å². The van der Waals surface area contributed by atoms with Crippen LogP contribution in [0.5, 0.6) is 0 Å². The second kappa shape index (κ2) is 9.20. The van der Waals surface area contributed by atoms with Crippen molar-refractivity contribution in [1.82, 2.24) is 14.4 Å². The molecule has 0 spiro atoms. The van der Waals surface area contributed by atoms with Crippen LogP contribution in [0.3, 0.4) is 0 Å². The number of rotatable bonds is 8. The fraction of sp³-hybridized carbons (Fsp3) is 0.304. The fourth-order valence-electron chi connectivity index (χ4n) is 3.52. The van der Waals surface area contributed by atoms with Gasteiger partial charge >= 0.3 is 0 Å². The van der Waals surface area contributed by atoms with Crippen LogP contribution in [0.1, 0.15) is 34.7 Å². The molecule has 0 N–H and O–H groups in total. The minimum atomic E-state index is -0.239. The lowest BCUT2D eigenvalue weighted by atomic mass is 10.2. The van der Waals surface area contributed by atoms with Gasteiger partial charge < -0.3 is 18.8 Å². The SMILES string of the molecule is Cn1cccc1CN(Cc1ccco1)C(=O)CN(C(=O)c1cc(Cl)cc(Cl)c1)C1CC1. The van der Waals surface area contributed by atoms with Gasteiger partial charge in [0.1, 0.15) is 12.3 Å². The van der Waals surface area contributed by atoms with E-state index in [1.165, 1.54) is 0 Å². The van der Waals surface area contributed by atoms with Crippen LogP contribution in [0.15, 0.2) is 59.3 Å². The zero-order valence-corrected chi connectivity index (χ0v) is 18.6. The summed E-state index contributed by atoms with van der Waals surface area (Å²) in [6, 6.07) is 12.3. The lowest BCUT2D eigenvalue weighted by Crippen LogP contribution is -2.43. The zero-order valence-electron chi connectivity index (χ0n) is 17.1. The molecule has 8 heteroatoms. The molecule has 0 unspecified atom stereocenters. The molecule has 0 atom stereocenters. The molecule has 1 fully saturated rings. The molecule has 2 heterocycles. The molecule has 1 saturated carbocycles. The highest BCUT2D eigenvalue weighted by molar-refractivity contribution is 6.35. The van der Waals surface area contributed by atoms with Gasteiger partial charge in [-0.25, -0.2) is 0 Å². The summed E-state index contributed by atoms with van der Waals surface area (Å²) in [5, 5.41) is 0.780. The van der Waals surface area contributed by atoms with Crippen LogP contribution >= 0.6 is 23.2 Å². The maximum absolute atomic E-state index is 13.3. The molecule has 162 valence electrons. The molecule has 1 aliphatic carbocycles. The van der Waals surface area contributed by atoms with Crippen molar-refractivity contribution in [3.05, 3.63) is 82.0 Å². The van der Waals surface area contributed by atoms with Gasteiger partial charge in [0.25, 0.3) is 5.91 Å². The number of carbonyl (C=O) groups excluding carboxylic acids is 2. The van der Waals surface area contributed by atoms with Crippen LogP contribution in [0.4, 0.5) is 0 Å². The Morgan fingerprint density at radius 1 is 1.10 bits per heavy atom. The van der Waals surface area contributed by atoms with Crippen molar-refractivity contribution < 1.29 is 14.0 Å². The van der Waals surface area contributed by atoms with Gasteiger partial charge in [-0.15, -0.1) is 0 Å². The van der Waals surface area contributed by atoms with Crippen molar-refractivity contribution in [2.24, 2.45) is 7.05 Å². The van der Waals surface area contributed by atoms with Gasteiger partial charge in [-0.2, -0.15) is 0 Å². The van der Waals surface area contributed by atoms with Crippen LogP contribution in [0, 0.1) is 0 Å². The highest BCUT2D eigenvalue weighted by Crippen LogP contribution is 2.30. The van der Waals surface area contributed by atoms with Crippen LogP contribution in [0.25, 0.3) is 0 Å². The van der Waals surface area contributed by atoms with E-state index >= 15 is 0 Å². The summed E-state index contributed by atoms with van der Waals surface area (Å²) >= 11 is 12.2. The number of nitrogens with zero attached hydrogens (tertiary/aromatic N) is 3. The molecule has 3 aromatic rings. The fourth-order valence-corrected chi connectivity index (χ4v) is 4.05. The first-order valence-electron chi connectivity index (χ1n) is 10.1. The maximum Gasteiger partial charge on any atom is 0.254 e. The lowest BCUT2D eigenvalue weighted by Gasteiger charge is -2.27. The van der Waals surface area contributed by atoms with Crippen molar-refractivity contribution in [2.45, 2.75) is 32.0 Å². The Bertz CT molecular complexity index is 1050. The summed E-state index contributed by atoms with van der Waals surface area (Å²) in [5.74, 6) is 0.302. The van der Waals surface area contributed by atoms with E-state index in [1.54, 1.807) is 40.3 Å². The Morgan fingerprint density at radius 2 is 1.84 bits per heavy atom. The number of carbonyl (C=O) groups is 2. The van der Waals surface area contributed by atoms with Crippen LogP contribution in [0.2, 0.25) is 10.0 Å². The van der Waals surface area contributed by atoms with Crippen molar-refractivity contribution in [3.63, 3.8) is 0 Å². The summed E-state index contributed by atoms with van der Waals surface area (Å²) in [7, 11) is 1.94. The smallest absolute Gasteiger partial charge is 0.254 e. The minimum absolute atomic E-state index is 0.0151. The Balaban J connectivity index is 1.54. The zero-order chi connectivity index (χ0) is 22.0. The number of halogens is 2. The van der Waals surface area contributed by atoms with E-state index in [1.807, 2.05) is 36.0 Å². The molecule has 0 aliphatic heterocycles. The van der Waals surface area contributed by atoms with Crippen LogP contribution in [-0.4, -0.2) is 38.8 Å². The van der Waals surface area contributed by atoms with Gasteiger partial charge in [0, 0.05) is 40.6 Å². The third-order valence-corrected chi connectivity index (χ3v) is 5.78. The molecule has 0 radical (unpaired) electrons. The molecule has 0 saturated heterocycles. The molecule has 1 aromatic carbocycles. The third-order valence-electron chi connectivity index (χ3n) is 5.35. The maximum atomic E-state index is 13.3. The average molecular weight is 460 g/mol. The molecule has 2 aromatic heterocycles. The van der Waals surface area contributed by atoms with Crippen LogP contribution in [-0.2, 0) is 24.9 Å². The van der Waals surface area contributed by atoms with E-state index in [0.29, 0.717) is 34.5 Å². The number of benzene rings is 1. The van der Waals surface area contributed by atoms with Crippen molar-refractivity contribution >= 4 is 35.0 Å². The molecule has 2 amide bonds. The summed E-state index contributed by atoms with van der Waals surface area (Å²) in [6.45, 7) is 0.726. The number of amides is 2. The molecule has 31 heavy (non-hydrogen) atoms. The molecule has 6 nitrogen and oxygen atoms in total. The molecular weight excluding hydrogens is 437 g/mol. The van der Waals surface area contributed by atoms with E-state index in [-0.39, 0.29) is 24.4 Å². The molecule has 1 aliphatic rings. The summed E-state index contributed by atoms with van der Waals surface area (Å²) in [5.41, 5.74) is 1.38. The Kier molecular flexibility index (Phi) is 6.39. The second-order valence-corrected chi connectivity index (χ2v) is 8.63. The number of furan rings is 1. The van der Waals surface area contributed by atoms with Crippen molar-refractivity contribution in [1.29, 1.82) is 0 Å². The third kappa shape index (κ3) is 5.32. The normalized spacial score (nSPS) is 13.3. The monoisotopic (exact) mass is 459 g/mol. The Morgan fingerprint density at radius 3 is 2.42 bits per heavy atom. The van der Waals surface area contributed by atoms with Gasteiger partial charge in [-0.05, 0) is 55.3 Å². The number of aromatic nitrogens is 1. The predicted molar refractivity (Wildman–Crippen MR) is 119 cm³/mol. The second-order valence-electron chi connectivity index (χ2n) is 7.76. The van der Waals surface area contributed by atoms with Gasteiger partial charge in [0.05, 0.1) is 19.4 Å². The van der Waals surface area contributed by atoms with Gasteiger partial charge in [0.15, 0.2) is 0 Å². The quantitative estimate of drug-likeness (QED) is 0.487. The van der Waals surface area contributed by atoms with Gasteiger partial charge in [-0.1, -0.05) is 23.2 Å². The summed E-state index contributed by atoms with van der Waals surface area (Å²) in [4.78, 5) is 29.9. The van der Waals surface area contributed by atoms with E-state index in [2.05, 4.69) is 0 Å². The van der Waals surface area contributed by atoms with Gasteiger partial charge in [-0.3, -0.25) is 9.59 Å². The highest BCUT2D eigenvalue weighted by Gasteiger charge is 2.35. The Labute approximate surface area is 190 Å². The van der Waals surface area contributed by atoms with E-state index in [4.69, 9.17) is 27.6 Å². The largest absolute Gasteiger partial charge is 0.467 e. The first kappa shape index (κ1) is 21.5. The topological polar surface area (TPSA) is 58.7 Å². The predicted octanol–water partition coefficient (Wildman–Crippen LogP) is 4.76. The first-order valence-corrected chi connectivity index (χ1v) is 10.8. The lowest BCUT2D eigenvalue weighted by molar-refractivity contribution is -0.133. The van der Waals surface area contributed by atoms with Crippen molar-refractivity contribution in [2.75, 3.05) is 6.54 Å².